The summed E-state index contributed by atoms with van der Waals surface area (Å²) in [6, 6.07) is 7.24. The molecule has 2 aliphatic rings. The highest BCUT2D eigenvalue weighted by atomic mass is 19.4. The number of nitrogens with zero attached hydrogens (tertiary/aromatic N) is 4. The van der Waals surface area contributed by atoms with Gasteiger partial charge in [0.25, 0.3) is 0 Å². The van der Waals surface area contributed by atoms with Crippen LogP contribution in [-0.2, 0) is 6.18 Å². The van der Waals surface area contributed by atoms with Crippen molar-refractivity contribution in [1.82, 2.24) is 15.1 Å². The number of rotatable bonds is 5. The highest BCUT2D eigenvalue weighted by Gasteiger charge is 2.31. The van der Waals surface area contributed by atoms with Gasteiger partial charge in [-0.05, 0) is 31.0 Å². The second-order valence-corrected chi connectivity index (χ2v) is 7.70. The first-order chi connectivity index (χ1) is 14.3. The van der Waals surface area contributed by atoms with E-state index in [1.54, 1.807) is 6.07 Å². The van der Waals surface area contributed by atoms with E-state index in [9.17, 15) is 13.2 Å². The lowest BCUT2D eigenvalue weighted by Crippen LogP contribution is -2.49. The van der Waals surface area contributed by atoms with Crippen LogP contribution in [0.3, 0.4) is 0 Å². The molecule has 7 nitrogen and oxygen atoms in total. The van der Waals surface area contributed by atoms with Crippen LogP contribution in [0.25, 0.3) is 0 Å². The topological polar surface area (TPSA) is 97.4 Å². The number of alkyl halides is 3. The Kier molecular flexibility index (Phi) is 5.40. The third-order valence-electron chi connectivity index (χ3n) is 5.41. The molecule has 30 heavy (non-hydrogen) atoms. The van der Waals surface area contributed by atoms with Gasteiger partial charge in [-0.15, -0.1) is 0 Å². The molecule has 0 amide bonds. The predicted molar refractivity (Wildman–Crippen MR) is 109 cm³/mol. The van der Waals surface area contributed by atoms with Gasteiger partial charge in [-0.1, -0.05) is 6.07 Å². The Bertz CT molecular complexity index is 938. The number of hydrogen-bond donors (Lipinski definition) is 3. The zero-order valence-electron chi connectivity index (χ0n) is 16.4. The molecular formula is C20H24F3N7. The highest BCUT2D eigenvalue weighted by molar-refractivity contribution is 6.01. The number of aromatic amines is 1. The van der Waals surface area contributed by atoms with Crippen molar-refractivity contribution in [2.45, 2.75) is 31.4 Å². The molecule has 4 rings (SSSR count). The number of nitrogens with two attached hydrogens (primary N) is 1. The average molecular weight is 419 g/mol. The van der Waals surface area contributed by atoms with E-state index in [0.29, 0.717) is 55.3 Å². The summed E-state index contributed by atoms with van der Waals surface area (Å²) in [4.78, 5) is 8.07. The van der Waals surface area contributed by atoms with Crippen molar-refractivity contribution in [3.05, 3.63) is 41.6 Å². The Labute approximate surface area is 172 Å². The van der Waals surface area contributed by atoms with E-state index < -0.39 is 11.7 Å². The van der Waals surface area contributed by atoms with Crippen molar-refractivity contribution in [3.63, 3.8) is 0 Å². The van der Waals surface area contributed by atoms with Gasteiger partial charge in [0, 0.05) is 49.5 Å². The summed E-state index contributed by atoms with van der Waals surface area (Å²) < 4.78 is 38.8. The first kappa shape index (κ1) is 20.2. The number of nitrogens with one attached hydrogen (secondary N) is 2. The molecule has 0 spiro atoms. The molecule has 2 aromatic rings. The minimum atomic E-state index is -4.36. The maximum absolute atomic E-state index is 12.9. The van der Waals surface area contributed by atoms with E-state index in [1.807, 2.05) is 15.9 Å². The molecule has 4 N–H and O–H groups in total. The quantitative estimate of drug-likeness (QED) is 0.511. The van der Waals surface area contributed by atoms with Crippen molar-refractivity contribution in [1.29, 1.82) is 5.41 Å². The fourth-order valence-corrected chi connectivity index (χ4v) is 3.57. The molecule has 1 saturated heterocycles. The number of benzene rings is 1. The molecule has 10 heteroatoms. The van der Waals surface area contributed by atoms with E-state index in [-0.39, 0.29) is 6.42 Å². The van der Waals surface area contributed by atoms with Crippen LogP contribution in [-0.4, -0.2) is 52.9 Å². The zero-order valence-corrected chi connectivity index (χ0v) is 16.4. The Morgan fingerprint density at radius 3 is 2.60 bits per heavy atom. The average Bonchev–Trinajstić information content (AvgIpc) is 3.47. The minimum Gasteiger partial charge on any atom is -0.387 e. The number of aromatic nitrogens is 2. The summed E-state index contributed by atoms with van der Waals surface area (Å²) >= 11 is 0. The first-order valence-electron chi connectivity index (χ1n) is 9.92. The Morgan fingerprint density at radius 1 is 1.20 bits per heavy atom. The van der Waals surface area contributed by atoms with Gasteiger partial charge in [-0.2, -0.15) is 18.3 Å². The lowest BCUT2D eigenvalue weighted by Gasteiger charge is -2.37. The number of amidine groups is 2. The molecule has 1 aliphatic carbocycles. The zero-order chi connectivity index (χ0) is 21.3. The van der Waals surface area contributed by atoms with Crippen LogP contribution >= 0.6 is 0 Å². The summed E-state index contributed by atoms with van der Waals surface area (Å²) in [6.07, 6.45) is -1.82. The van der Waals surface area contributed by atoms with Gasteiger partial charge in [-0.3, -0.25) is 10.5 Å². The fourth-order valence-electron chi connectivity index (χ4n) is 3.57. The van der Waals surface area contributed by atoms with E-state index >= 15 is 0 Å². The molecule has 2 heterocycles. The van der Waals surface area contributed by atoms with Crippen LogP contribution in [0.15, 0.2) is 35.3 Å². The molecule has 0 unspecified atom stereocenters. The molecule has 0 atom stereocenters. The van der Waals surface area contributed by atoms with Gasteiger partial charge >= 0.3 is 6.18 Å². The second-order valence-electron chi connectivity index (χ2n) is 7.70. The highest BCUT2D eigenvalue weighted by Crippen LogP contribution is 2.39. The molecule has 1 aromatic heterocycles. The van der Waals surface area contributed by atoms with Gasteiger partial charge < -0.3 is 15.5 Å². The number of aliphatic imine (C=N–C) groups is 1. The van der Waals surface area contributed by atoms with Gasteiger partial charge in [0.05, 0.1) is 12.0 Å². The third kappa shape index (κ3) is 4.74. The smallest absolute Gasteiger partial charge is 0.387 e. The Balaban J connectivity index is 1.31. The van der Waals surface area contributed by atoms with Crippen molar-refractivity contribution < 1.29 is 13.2 Å². The van der Waals surface area contributed by atoms with Crippen LogP contribution < -0.4 is 10.6 Å². The summed E-state index contributed by atoms with van der Waals surface area (Å²) in [5, 5.41) is 15.4. The summed E-state index contributed by atoms with van der Waals surface area (Å²) in [5.74, 6) is 1.73. The number of anilines is 1. The predicted octanol–water partition coefficient (Wildman–Crippen LogP) is 3.48. The van der Waals surface area contributed by atoms with Gasteiger partial charge in [0.15, 0.2) is 5.82 Å². The third-order valence-corrected chi connectivity index (χ3v) is 5.41. The van der Waals surface area contributed by atoms with Crippen molar-refractivity contribution in [2.75, 3.05) is 31.1 Å². The van der Waals surface area contributed by atoms with E-state index in [4.69, 9.17) is 11.1 Å². The molecular weight excluding hydrogens is 395 g/mol. The SMILES string of the molecule is N=C(CC(N)=Nc1cc(C2CC2)[nH]n1)N1CCN(c2cccc(C(F)(F)F)c2)CC1. The lowest BCUT2D eigenvalue weighted by molar-refractivity contribution is -0.137. The molecule has 0 bridgehead atoms. The normalized spacial score (nSPS) is 18.0. The largest absolute Gasteiger partial charge is 0.416 e. The summed E-state index contributed by atoms with van der Waals surface area (Å²) in [5.41, 5.74) is 6.97. The number of piperazine rings is 1. The molecule has 1 saturated carbocycles. The maximum atomic E-state index is 12.9. The molecule has 160 valence electrons. The van der Waals surface area contributed by atoms with Gasteiger partial charge in [0.2, 0.25) is 0 Å². The number of halogens is 3. The van der Waals surface area contributed by atoms with Crippen molar-refractivity contribution in [2.24, 2.45) is 10.7 Å². The number of hydrogen-bond acceptors (Lipinski definition) is 4. The fraction of sp³-hybridized carbons (Fsp3) is 0.450. The first-order valence-corrected chi connectivity index (χ1v) is 9.92. The maximum Gasteiger partial charge on any atom is 0.416 e. The second kappa shape index (κ2) is 8.00. The van der Waals surface area contributed by atoms with Crippen LogP contribution in [0.4, 0.5) is 24.7 Å². The molecule has 2 fully saturated rings. The van der Waals surface area contributed by atoms with Crippen LogP contribution in [0.2, 0.25) is 0 Å². The summed E-state index contributed by atoms with van der Waals surface area (Å²) in [7, 11) is 0. The van der Waals surface area contributed by atoms with Gasteiger partial charge in [-0.25, -0.2) is 4.99 Å². The number of H-pyrrole nitrogens is 1. The Hall–Kier alpha value is -3.04. The standard InChI is InChI=1S/C20H24F3N7/c21-20(22,23)14-2-1-3-15(10-14)29-6-8-30(9-7-29)18(25)12-17(24)26-19-11-16(27-28-19)13-4-5-13/h1-3,10-11,13,25H,4-9,12H2,(H3,24,26,27,28). The molecule has 1 aromatic carbocycles. The van der Waals surface area contributed by atoms with E-state index in [2.05, 4.69) is 15.2 Å². The molecule has 1 aliphatic heterocycles. The summed E-state index contributed by atoms with van der Waals surface area (Å²) in [6.45, 7) is 2.14. The minimum absolute atomic E-state index is 0.204. The Morgan fingerprint density at radius 2 is 1.93 bits per heavy atom. The van der Waals surface area contributed by atoms with E-state index in [0.717, 1.165) is 24.6 Å². The van der Waals surface area contributed by atoms with Crippen LogP contribution in [0, 0.1) is 5.41 Å². The van der Waals surface area contributed by atoms with Crippen molar-refractivity contribution >= 4 is 23.2 Å². The van der Waals surface area contributed by atoms with Gasteiger partial charge in [0.1, 0.15) is 11.7 Å². The van der Waals surface area contributed by atoms with E-state index in [1.165, 1.54) is 12.1 Å². The molecule has 0 radical (unpaired) electrons. The van der Waals surface area contributed by atoms with Crippen molar-refractivity contribution in [3.8, 4) is 0 Å². The monoisotopic (exact) mass is 419 g/mol. The van der Waals surface area contributed by atoms with Crippen LogP contribution in [0.1, 0.15) is 36.4 Å². The van der Waals surface area contributed by atoms with Crippen LogP contribution in [0.5, 0.6) is 0 Å². The lowest BCUT2D eigenvalue weighted by atomic mass is 10.1.